The van der Waals surface area contributed by atoms with Crippen molar-refractivity contribution < 1.29 is 39.8 Å². The van der Waals surface area contributed by atoms with Crippen molar-refractivity contribution >= 4 is 5.91 Å². The van der Waals surface area contributed by atoms with Gasteiger partial charge in [-0.25, -0.2) is 0 Å². The van der Waals surface area contributed by atoms with Gasteiger partial charge >= 0.3 is 0 Å². The number of aliphatic hydroxyl groups excluding tert-OH is 5. The van der Waals surface area contributed by atoms with Crippen LogP contribution in [0.5, 0.6) is 0 Å². The van der Waals surface area contributed by atoms with Crippen LogP contribution in [0.25, 0.3) is 0 Å². The van der Waals surface area contributed by atoms with Gasteiger partial charge in [-0.15, -0.1) is 0 Å². The summed E-state index contributed by atoms with van der Waals surface area (Å²) in [7, 11) is 0. The van der Waals surface area contributed by atoms with Gasteiger partial charge in [0.15, 0.2) is 6.29 Å². The normalized spacial score (nSPS) is 20.1. The van der Waals surface area contributed by atoms with Crippen LogP contribution in [-0.4, -0.2) is 87.5 Å². The average Bonchev–Trinajstić information content (AvgIpc) is 3.34. The molecule has 1 rings (SSSR count). The lowest BCUT2D eigenvalue weighted by Gasteiger charge is -2.40. The fraction of sp³-hybridized carbons (Fsp3) is 0.780. The first kappa shape index (κ1) is 63.6. The van der Waals surface area contributed by atoms with Crippen LogP contribution in [0.4, 0.5) is 0 Å². The third-order valence-electron chi connectivity index (χ3n) is 13.1. The number of carbonyl (C=O) groups is 1. The van der Waals surface area contributed by atoms with Gasteiger partial charge < -0.3 is 40.3 Å². The highest BCUT2D eigenvalue weighted by Gasteiger charge is 2.44. The lowest BCUT2D eigenvalue weighted by molar-refractivity contribution is -0.302. The topological polar surface area (TPSA) is 149 Å². The minimum atomic E-state index is -1.57. The summed E-state index contributed by atoms with van der Waals surface area (Å²) in [6.45, 7) is 3.71. The van der Waals surface area contributed by atoms with E-state index in [0.717, 1.165) is 70.6 Å². The van der Waals surface area contributed by atoms with Crippen molar-refractivity contribution in [2.45, 2.75) is 281 Å². The Morgan fingerprint density at radius 3 is 1.32 bits per heavy atom. The maximum Gasteiger partial charge on any atom is 0.220 e. The van der Waals surface area contributed by atoms with Crippen LogP contribution in [0.3, 0.4) is 0 Å². The van der Waals surface area contributed by atoms with E-state index < -0.39 is 49.5 Å². The molecule has 0 aromatic carbocycles. The maximum atomic E-state index is 13.0. The average molecular weight is 956 g/mol. The number of carbonyl (C=O) groups excluding carboxylic acids is 1. The SMILES string of the molecule is CC/C=C\C/C=C\C/C=C\C/C=C\C/C=C\C/C=C\CCCCC(=O)NC(COC1OC(CO)C(O)C(O)C1O)C(O)CCCCCCCCCCCCCCCCCCCCCCCCCC. The Labute approximate surface area is 417 Å². The number of nitrogens with one attached hydrogen (secondary N) is 1. The molecule has 7 unspecified atom stereocenters. The van der Waals surface area contributed by atoms with E-state index in [1.807, 2.05) is 0 Å². The number of ether oxygens (including phenoxy) is 2. The zero-order valence-electron chi connectivity index (χ0n) is 43.6. The van der Waals surface area contributed by atoms with Crippen molar-refractivity contribution in [1.82, 2.24) is 5.32 Å². The molecule has 0 aromatic rings. The Bertz CT molecular complexity index is 1290. The first-order valence-corrected chi connectivity index (χ1v) is 28.1. The maximum absolute atomic E-state index is 13.0. The molecule has 6 N–H and O–H groups in total. The molecule has 1 saturated heterocycles. The van der Waals surface area contributed by atoms with E-state index >= 15 is 0 Å². The molecule has 0 aromatic heterocycles. The van der Waals surface area contributed by atoms with E-state index in [1.165, 1.54) is 135 Å². The third kappa shape index (κ3) is 37.5. The van der Waals surface area contributed by atoms with E-state index in [0.29, 0.717) is 19.3 Å². The number of allylic oxidation sites excluding steroid dienone is 12. The zero-order valence-corrected chi connectivity index (χ0v) is 43.6. The molecule has 1 aliphatic rings. The predicted octanol–water partition coefficient (Wildman–Crippen LogP) is 13.7. The van der Waals surface area contributed by atoms with Crippen LogP contribution in [0.15, 0.2) is 72.9 Å². The summed E-state index contributed by atoms with van der Waals surface area (Å²) in [4.78, 5) is 13.0. The van der Waals surface area contributed by atoms with Crippen molar-refractivity contribution in [1.29, 1.82) is 0 Å². The van der Waals surface area contributed by atoms with Gasteiger partial charge in [-0.3, -0.25) is 4.79 Å². The molecule has 0 radical (unpaired) electrons. The largest absolute Gasteiger partial charge is 0.394 e. The van der Waals surface area contributed by atoms with Crippen LogP contribution in [0.1, 0.15) is 239 Å². The second-order valence-electron chi connectivity index (χ2n) is 19.4. The van der Waals surface area contributed by atoms with Gasteiger partial charge in [0.1, 0.15) is 24.4 Å². The van der Waals surface area contributed by atoms with Crippen LogP contribution < -0.4 is 5.32 Å². The number of amides is 1. The molecule has 0 spiro atoms. The van der Waals surface area contributed by atoms with Gasteiger partial charge in [0.05, 0.1) is 25.4 Å². The standard InChI is InChI=1S/C59H105NO8/c1-3-5-7-9-11-13-15-17-19-21-23-25-26-27-29-30-32-34-36-38-40-42-44-46-48-53(62)52(51-67-59-58(66)57(65)56(64)54(50-61)68-59)60-55(63)49-47-45-43-41-39-37-35-33-31-28-24-22-20-18-16-14-12-10-8-6-4-2/h6,8,12,14,18,20,24,28,33,35,39,41,52-54,56-59,61-62,64-66H,3-5,7,9-11,13,15-17,19,21-23,25-27,29-32,34,36-38,40,42-51H2,1-2H3,(H,60,63)/b8-6-,14-12-,20-18-,28-24-,35-33-,41-39-. The Balaban J connectivity index is 2.26. The van der Waals surface area contributed by atoms with E-state index in [1.54, 1.807) is 0 Å². The molecule has 7 atom stereocenters. The molecule has 9 heteroatoms. The Morgan fingerprint density at radius 1 is 0.515 bits per heavy atom. The van der Waals surface area contributed by atoms with E-state index in [-0.39, 0.29) is 12.5 Å². The lowest BCUT2D eigenvalue weighted by atomic mass is 9.99. The molecule has 1 amide bonds. The first-order chi connectivity index (χ1) is 33.3. The van der Waals surface area contributed by atoms with Gasteiger partial charge in [-0.05, 0) is 64.2 Å². The molecular formula is C59H105NO8. The summed E-state index contributed by atoms with van der Waals surface area (Å²) < 4.78 is 11.3. The fourth-order valence-corrected chi connectivity index (χ4v) is 8.64. The number of hydrogen-bond donors (Lipinski definition) is 6. The number of rotatable bonds is 47. The minimum absolute atomic E-state index is 0.159. The van der Waals surface area contributed by atoms with Crippen LogP contribution in [-0.2, 0) is 14.3 Å². The summed E-state index contributed by atoms with van der Waals surface area (Å²) in [5.74, 6) is -0.186. The monoisotopic (exact) mass is 956 g/mol. The number of aliphatic hydroxyl groups is 5. The van der Waals surface area contributed by atoms with Crippen LogP contribution in [0.2, 0.25) is 0 Å². The molecule has 0 bridgehead atoms. The van der Waals surface area contributed by atoms with Gasteiger partial charge in [0, 0.05) is 6.42 Å². The van der Waals surface area contributed by atoms with E-state index in [9.17, 15) is 30.3 Å². The van der Waals surface area contributed by atoms with Crippen LogP contribution >= 0.6 is 0 Å². The molecule has 0 aliphatic carbocycles. The molecular weight excluding hydrogens is 851 g/mol. The number of unbranched alkanes of at least 4 members (excludes halogenated alkanes) is 25. The Kier molecular flexibility index (Phi) is 45.2. The summed E-state index contributed by atoms with van der Waals surface area (Å²) in [5.41, 5.74) is 0. The second kappa shape index (κ2) is 48.3. The van der Waals surface area contributed by atoms with Gasteiger partial charge in [0.2, 0.25) is 5.91 Å². The quantitative estimate of drug-likeness (QED) is 0.0261. The summed E-state index contributed by atoms with van der Waals surface area (Å²) in [5, 5.41) is 54.6. The fourth-order valence-electron chi connectivity index (χ4n) is 8.64. The molecule has 68 heavy (non-hydrogen) atoms. The van der Waals surface area contributed by atoms with Gasteiger partial charge in [0.25, 0.3) is 0 Å². The van der Waals surface area contributed by atoms with Crippen molar-refractivity contribution in [3.8, 4) is 0 Å². The molecule has 1 aliphatic heterocycles. The minimum Gasteiger partial charge on any atom is -0.394 e. The highest BCUT2D eigenvalue weighted by atomic mass is 16.7. The second-order valence-corrected chi connectivity index (χ2v) is 19.4. The first-order valence-electron chi connectivity index (χ1n) is 28.1. The molecule has 0 saturated carbocycles. The van der Waals surface area contributed by atoms with Gasteiger partial charge in [-0.1, -0.05) is 241 Å². The summed E-state index contributed by atoms with van der Waals surface area (Å²) in [6.07, 6.45) is 59.3. The lowest BCUT2D eigenvalue weighted by Crippen LogP contribution is -2.60. The Hall–Kier alpha value is -2.37. The van der Waals surface area contributed by atoms with Crippen molar-refractivity contribution in [2.75, 3.05) is 13.2 Å². The van der Waals surface area contributed by atoms with Crippen molar-refractivity contribution in [3.05, 3.63) is 72.9 Å². The molecule has 1 fully saturated rings. The van der Waals surface area contributed by atoms with E-state index in [4.69, 9.17) is 9.47 Å². The number of hydrogen-bond acceptors (Lipinski definition) is 8. The summed E-state index contributed by atoms with van der Waals surface area (Å²) >= 11 is 0. The van der Waals surface area contributed by atoms with Crippen molar-refractivity contribution in [2.24, 2.45) is 0 Å². The highest BCUT2D eigenvalue weighted by Crippen LogP contribution is 2.23. The zero-order chi connectivity index (χ0) is 49.4. The van der Waals surface area contributed by atoms with E-state index in [2.05, 4.69) is 92.1 Å². The summed E-state index contributed by atoms with van der Waals surface area (Å²) in [6, 6.07) is -0.747. The van der Waals surface area contributed by atoms with Crippen molar-refractivity contribution in [3.63, 3.8) is 0 Å². The predicted molar refractivity (Wildman–Crippen MR) is 285 cm³/mol. The van der Waals surface area contributed by atoms with Crippen LogP contribution in [0, 0.1) is 0 Å². The smallest absolute Gasteiger partial charge is 0.220 e. The molecule has 394 valence electrons. The molecule has 9 nitrogen and oxygen atoms in total. The van der Waals surface area contributed by atoms with Gasteiger partial charge in [-0.2, -0.15) is 0 Å². The Morgan fingerprint density at radius 2 is 0.912 bits per heavy atom. The third-order valence-corrected chi connectivity index (χ3v) is 13.1. The highest BCUT2D eigenvalue weighted by molar-refractivity contribution is 5.76. The molecule has 1 heterocycles.